The van der Waals surface area contributed by atoms with E-state index in [9.17, 15) is 9.18 Å². The molecule has 0 fully saturated rings. The van der Waals surface area contributed by atoms with Gasteiger partial charge in [0.25, 0.3) is 0 Å². The summed E-state index contributed by atoms with van der Waals surface area (Å²) < 4.78 is 14.7. The van der Waals surface area contributed by atoms with Crippen molar-refractivity contribution in [2.24, 2.45) is 7.05 Å². The van der Waals surface area contributed by atoms with Crippen LogP contribution in [0.2, 0.25) is 0 Å². The summed E-state index contributed by atoms with van der Waals surface area (Å²) in [7, 11) is 1.92. The third kappa shape index (κ3) is 4.95. The van der Waals surface area contributed by atoms with Gasteiger partial charge in [0.15, 0.2) is 0 Å². The van der Waals surface area contributed by atoms with E-state index < -0.39 is 0 Å². The number of amides is 1. The standard InChI is InChI=1S/C20H20FN3OS/c1-24-19(11-13-23-24)16-4-2-15(3-5-16)10-12-22-20(25)14-26-18-8-6-17(21)7-9-18/h2-9,11,13H,10,12,14H2,1H3,(H,22,25). The normalized spacial score (nSPS) is 10.7. The van der Waals surface area contributed by atoms with Gasteiger partial charge in [-0.1, -0.05) is 24.3 Å². The van der Waals surface area contributed by atoms with Gasteiger partial charge in [-0.15, -0.1) is 11.8 Å². The van der Waals surface area contributed by atoms with E-state index in [4.69, 9.17) is 0 Å². The Bertz CT molecular complexity index is 860. The average molecular weight is 369 g/mol. The number of nitrogens with zero attached hydrogens (tertiary/aromatic N) is 2. The van der Waals surface area contributed by atoms with Crippen LogP contribution in [0.3, 0.4) is 0 Å². The smallest absolute Gasteiger partial charge is 0.230 e. The number of hydrogen-bond donors (Lipinski definition) is 1. The van der Waals surface area contributed by atoms with Crippen molar-refractivity contribution in [3.8, 4) is 11.3 Å². The third-order valence-corrected chi connectivity index (χ3v) is 5.00. The Hall–Kier alpha value is -2.60. The SMILES string of the molecule is Cn1nccc1-c1ccc(CCNC(=O)CSc2ccc(F)cc2)cc1. The Morgan fingerprint density at radius 1 is 1.12 bits per heavy atom. The molecular weight excluding hydrogens is 349 g/mol. The fourth-order valence-corrected chi connectivity index (χ4v) is 3.30. The number of hydrogen-bond acceptors (Lipinski definition) is 3. The van der Waals surface area contributed by atoms with Crippen molar-refractivity contribution >= 4 is 17.7 Å². The first-order chi connectivity index (χ1) is 12.6. The van der Waals surface area contributed by atoms with Gasteiger partial charge in [-0.3, -0.25) is 9.48 Å². The first kappa shape index (κ1) is 18.2. The van der Waals surface area contributed by atoms with Gasteiger partial charge in [0.05, 0.1) is 11.4 Å². The molecule has 1 N–H and O–H groups in total. The van der Waals surface area contributed by atoms with Crippen LogP contribution in [-0.4, -0.2) is 28.0 Å². The maximum absolute atomic E-state index is 12.8. The molecule has 2 aromatic carbocycles. The zero-order chi connectivity index (χ0) is 18.4. The molecule has 0 bridgehead atoms. The Balaban J connectivity index is 1.42. The molecule has 0 saturated heterocycles. The molecule has 26 heavy (non-hydrogen) atoms. The molecule has 1 aromatic heterocycles. The van der Waals surface area contributed by atoms with Crippen LogP contribution in [0, 0.1) is 5.82 Å². The third-order valence-electron chi connectivity index (χ3n) is 3.99. The van der Waals surface area contributed by atoms with E-state index >= 15 is 0 Å². The largest absolute Gasteiger partial charge is 0.355 e. The number of benzene rings is 2. The van der Waals surface area contributed by atoms with Gasteiger partial charge in [-0.05, 0) is 47.9 Å². The molecule has 0 aliphatic carbocycles. The lowest BCUT2D eigenvalue weighted by Gasteiger charge is -2.07. The summed E-state index contributed by atoms with van der Waals surface area (Å²) in [6, 6.07) is 16.4. The van der Waals surface area contributed by atoms with Gasteiger partial charge < -0.3 is 5.32 Å². The fourth-order valence-electron chi connectivity index (χ4n) is 2.58. The number of halogens is 1. The lowest BCUT2D eigenvalue weighted by Crippen LogP contribution is -2.27. The molecule has 134 valence electrons. The molecule has 3 rings (SSSR count). The highest BCUT2D eigenvalue weighted by Gasteiger charge is 2.05. The lowest BCUT2D eigenvalue weighted by molar-refractivity contribution is -0.118. The number of nitrogens with one attached hydrogen (secondary N) is 1. The van der Waals surface area contributed by atoms with Crippen LogP contribution in [0.1, 0.15) is 5.56 Å². The van der Waals surface area contributed by atoms with Crippen LogP contribution in [0.25, 0.3) is 11.3 Å². The molecule has 0 radical (unpaired) electrons. The van der Waals surface area contributed by atoms with Gasteiger partial charge in [-0.25, -0.2) is 4.39 Å². The summed E-state index contributed by atoms with van der Waals surface area (Å²) in [6.07, 6.45) is 2.56. The number of rotatable bonds is 7. The predicted molar refractivity (Wildman–Crippen MR) is 102 cm³/mol. The first-order valence-corrected chi connectivity index (χ1v) is 9.33. The molecule has 3 aromatic rings. The molecule has 0 aliphatic heterocycles. The second-order valence-electron chi connectivity index (χ2n) is 5.88. The molecule has 1 heterocycles. The van der Waals surface area contributed by atoms with Gasteiger partial charge in [0.1, 0.15) is 5.82 Å². The van der Waals surface area contributed by atoms with Crippen molar-refractivity contribution in [1.29, 1.82) is 0 Å². The second kappa shape index (κ2) is 8.67. The highest BCUT2D eigenvalue weighted by molar-refractivity contribution is 8.00. The van der Waals surface area contributed by atoms with Crippen molar-refractivity contribution in [2.45, 2.75) is 11.3 Å². The molecule has 4 nitrogen and oxygen atoms in total. The van der Waals surface area contributed by atoms with E-state index in [1.807, 2.05) is 17.8 Å². The van der Waals surface area contributed by atoms with Crippen LogP contribution in [0.4, 0.5) is 4.39 Å². The lowest BCUT2D eigenvalue weighted by atomic mass is 10.1. The van der Waals surface area contributed by atoms with Gasteiger partial charge in [-0.2, -0.15) is 5.10 Å². The van der Waals surface area contributed by atoms with Gasteiger partial charge in [0.2, 0.25) is 5.91 Å². The quantitative estimate of drug-likeness (QED) is 0.646. The van der Waals surface area contributed by atoms with E-state index in [1.54, 1.807) is 18.3 Å². The fraction of sp³-hybridized carbons (Fsp3) is 0.200. The van der Waals surface area contributed by atoms with E-state index in [2.05, 4.69) is 34.7 Å². The van der Waals surface area contributed by atoms with E-state index in [-0.39, 0.29) is 11.7 Å². The van der Waals surface area contributed by atoms with E-state index in [1.165, 1.54) is 29.5 Å². The number of thioether (sulfide) groups is 1. The summed E-state index contributed by atoms with van der Waals surface area (Å²) in [5.41, 5.74) is 3.36. The predicted octanol–water partition coefficient (Wildman–Crippen LogP) is 3.68. The topological polar surface area (TPSA) is 46.9 Å². The van der Waals surface area contributed by atoms with Crippen molar-refractivity contribution in [3.63, 3.8) is 0 Å². The van der Waals surface area contributed by atoms with Crippen LogP contribution in [-0.2, 0) is 18.3 Å². The molecule has 0 atom stereocenters. The Labute approximate surface area is 156 Å². The highest BCUT2D eigenvalue weighted by Crippen LogP contribution is 2.19. The molecule has 1 amide bonds. The minimum absolute atomic E-state index is 0.0224. The van der Waals surface area contributed by atoms with Crippen LogP contribution >= 0.6 is 11.8 Å². The van der Waals surface area contributed by atoms with Crippen LogP contribution < -0.4 is 5.32 Å². The van der Waals surface area contributed by atoms with Crippen molar-refractivity contribution in [1.82, 2.24) is 15.1 Å². The van der Waals surface area contributed by atoms with Crippen molar-refractivity contribution in [3.05, 3.63) is 72.2 Å². The molecule has 0 aliphatic rings. The maximum Gasteiger partial charge on any atom is 0.230 e. The number of carbonyl (C=O) groups is 1. The molecule has 0 unspecified atom stereocenters. The molecule has 6 heteroatoms. The van der Waals surface area contributed by atoms with E-state index in [0.29, 0.717) is 12.3 Å². The number of aryl methyl sites for hydroxylation is 1. The first-order valence-electron chi connectivity index (χ1n) is 8.34. The summed E-state index contributed by atoms with van der Waals surface area (Å²) in [5, 5.41) is 7.09. The van der Waals surface area contributed by atoms with Gasteiger partial charge >= 0.3 is 0 Å². The highest BCUT2D eigenvalue weighted by atomic mass is 32.2. The Morgan fingerprint density at radius 2 is 1.85 bits per heavy atom. The van der Waals surface area contributed by atoms with Crippen molar-refractivity contribution in [2.75, 3.05) is 12.3 Å². The Kier molecular flexibility index (Phi) is 6.07. The van der Waals surface area contributed by atoms with Crippen LogP contribution in [0.15, 0.2) is 65.7 Å². The summed E-state index contributed by atoms with van der Waals surface area (Å²) >= 11 is 1.40. The zero-order valence-electron chi connectivity index (χ0n) is 14.5. The minimum Gasteiger partial charge on any atom is -0.355 e. The molecule has 0 saturated carbocycles. The zero-order valence-corrected chi connectivity index (χ0v) is 15.3. The number of aromatic nitrogens is 2. The average Bonchev–Trinajstić information content (AvgIpc) is 3.08. The molecular formula is C20H20FN3OS. The van der Waals surface area contributed by atoms with Crippen LogP contribution in [0.5, 0.6) is 0 Å². The monoisotopic (exact) mass is 369 g/mol. The summed E-state index contributed by atoms with van der Waals surface area (Å²) in [4.78, 5) is 12.8. The summed E-state index contributed by atoms with van der Waals surface area (Å²) in [6.45, 7) is 0.591. The maximum atomic E-state index is 12.8. The van der Waals surface area contributed by atoms with Crippen molar-refractivity contribution < 1.29 is 9.18 Å². The second-order valence-corrected chi connectivity index (χ2v) is 6.93. The summed E-state index contributed by atoms with van der Waals surface area (Å²) in [5.74, 6) is 0.0319. The van der Waals surface area contributed by atoms with Gasteiger partial charge in [0, 0.05) is 24.7 Å². The molecule has 0 spiro atoms. The number of carbonyl (C=O) groups excluding carboxylic acids is 1. The Morgan fingerprint density at radius 3 is 2.50 bits per heavy atom. The van der Waals surface area contributed by atoms with E-state index in [0.717, 1.165) is 22.6 Å². The minimum atomic E-state index is -0.270.